The van der Waals surface area contributed by atoms with Crippen LogP contribution in [0.2, 0.25) is 0 Å². The third kappa shape index (κ3) is 3.01. The molecule has 2 unspecified atom stereocenters. The third-order valence-corrected chi connectivity index (χ3v) is 3.00. The van der Waals surface area contributed by atoms with E-state index in [-0.39, 0.29) is 12.1 Å². The summed E-state index contributed by atoms with van der Waals surface area (Å²) < 4.78 is 32.0. The second-order valence-electron chi connectivity index (χ2n) is 4.29. The van der Waals surface area contributed by atoms with Gasteiger partial charge >= 0.3 is 0 Å². The first-order valence-electron chi connectivity index (χ1n) is 6.01. The van der Waals surface area contributed by atoms with Crippen LogP contribution in [0.5, 0.6) is 0 Å². The Balaban J connectivity index is 2.24. The number of likely N-dealkylation sites (N-methyl/N-ethyl adjacent to an activating group) is 1. The number of ether oxygens (including phenoxy) is 1. The molecule has 1 aromatic carbocycles. The molecule has 1 N–H and O–H groups in total. The minimum atomic E-state index is -0.541. The Hall–Kier alpha value is -1.00. The Morgan fingerprint density at radius 1 is 1.35 bits per heavy atom. The van der Waals surface area contributed by atoms with Crippen molar-refractivity contribution < 1.29 is 13.5 Å². The SMILES string of the molecule is CCNC(c1cc(F)cc(F)c1)C1CCCO1. The molecular weight excluding hydrogens is 224 g/mol. The Kier molecular flexibility index (Phi) is 4.07. The maximum Gasteiger partial charge on any atom is 0.126 e. The molecule has 2 nitrogen and oxygen atoms in total. The molecule has 0 amide bonds. The third-order valence-electron chi connectivity index (χ3n) is 3.00. The smallest absolute Gasteiger partial charge is 0.126 e. The van der Waals surface area contributed by atoms with E-state index < -0.39 is 11.6 Å². The molecule has 1 heterocycles. The molecule has 2 atom stereocenters. The van der Waals surface area contributed by atoms with Crippen molar-refractivity contribution in [2.75, 3.05) is 13.2 Å². The molecule has 0 aliphatic carbocycles. The normalized spacial score (nSPS) is 21.7. The van der Waals surface area contributed by atoms with Crippen LogP contribution in [0.4, 0.5) is 8.78 Å². The van der Waals surface area contributed by atoms with Crippen LogP contribution in [0, 0.1) is 11.6 Å². The monoisotopic (exact) mass is 241 g/mol. The van der Waals surface area contributed by atoms with E-state index in [9.17, 15) is 8.78 Å². The summed E-state index contributed by atoms with van der Waals surface area (Å²) >= 11 is 0. The van der Waals surface area contributed by atoms with Crippen molar-refractivity contribution >= 4 is 0 Å². The molecule has 0 saturated carbocycles. The average molecular weight is 241 g/mol. The van der Waals surface area contributed by atoms with Crippen molar-refractivity contribution in [3.05, 3.63) is 35.4 Å². The highest BCUT2D eigenvalue weighted by molar-refractivity contribution is 5.22. The molecule has 1 aliphatic rings. The molecule has 94 valence electrons. The molecule has 2 rings (SSSR count). The summed E-state index contributed by atoms with van der Waals surface area (Å²) in [5, 5.41) is 3.24. The fraction of sp³-hybridized carbons (Fsp3) is 0.538. The highest BCUT2D eigenvalue weighted by Crippen LogP contribution is 2.27. The summed E-state index contributed by atoms with van der Waals surface area (Å²) in [4.78, 5) is 0. The highest BCUT2D eigenvalue weighted by Gasteiger charge is 2.27. The van der Waals surface area contributed by atoms with Gasteiger partial charge in [-0.3, -0.25) is 0 Å². The van der Waals surface area contributed by atoms with Crippen molar-refractivity contribution in [1.29, 1.82) is 0 Å². The molecule has 1 aromatic rings. The first-order valence-corrected chi connectivity index (χ1v) is 6.01. The van der Waals surface area contributed by atoms with Crippen molar-refractivity contribution in [1.82, 2.24) is 5.32 Å². The second-order valence-corrected chi connectivity index (χ2v) is 4.29. The average Bonchev–Trinajstić information content (AvgIpc) is 2.77. The van der Waals surface area contributed by atoms with Crippen LogP contribution in [0.3, 0.4) is 0 Å². The molecule has 1 saturated heterocycles. The summed E-state index contributed by atoms with van der Waals surface area (Å²) in [5.74, 6) is -1.08. The predicted octanol–water partition coefficient (Wildman–Crippen LogP) is 2.79. The van der Waals surface area contributed by atoms with E-state index >= 15 is 0 Å². The van der Waals surface area contributed by atoms with E-state index in [0.29, 0.717) is 5.56 Å². The van der Waals surface area contributed by atoms with Gasteiger partial charge in [0.15, 0.2) is 0 Å². The molecule has 0 bridgehead atoms. The van der Waals surface area contributed by atoms with Gasteiger partial charge in [-0.25, -0.2) is 8.78 Å². The zero-order valence-corrected chi connectivity index (χ0v) is 9.88. The highest BCUT2D eigenvalue weighted by atomic mass is 19.1. The van der Waals surface area contributed by atoms with Crippen molar-refractivity contribution in [2.24, 2.45) is 0 Å². The van der Waals surface area contributed by atoms with Crippen LogP contribution in [0.25, 0.3) is 0 Å². The van der Waals surface area contributed by atoms with Crippen LogP contribution >= 0.6 is 0 Å². The van der Waals surface area contributed by atoms with E-state index in [0.717, 1.165) is 32.1 Å². The fourth-order valence-electron chi connectivity index (χ4n) is 2.30. The van der Waals surface area contributed by atoms with Crippen molar-refractivity contribution in [3.63, 3.8) is 0 Å². The van der Waals surface area contributed by atoms with E-state index in [1.807, 2.05) is 6.92 Å². The molecular formula is C13H17F2NO. The van der Waals surface area contributed by atoms with Gasteiger partial charge in [-0.2, -0.15) is 0 Å². The lowest BCUT2D eigenvalue weighted by Gasteiger charge is -2.24. The minimum Gasteiger partial charge on any atom is -0.376 e. The van der Waals surface area contributed by atoms with Gasteiger partial charge in [0, 0.05) is 12.7 Å². The Morgan fingerprint density at radius 3 is 2.59 bits per heavy atom. The second kappa shape index (κ2) is 5.56. The lowest BCUT2D eigenvalue weighted by Crippen LogP contribution is -2.31. The molecule has 4 heteroatoms. The summed E-state index contributed by atoms with van der Waals surface area (Å²) in [7, 11) is 0. The molecule has 0 radical (unpaired) electrons. The topological polar surface area (TPSA) is 21.3 Å². The number of nitrogens with one attached hydrogen (secondary N) is 1. The zero-order chi connectivity index (χ0) is 12.3. The van der Waals surface area contributed by atoms with E-state index in [4.69, 9.17) is 4.74 Å². The van der Waals surface area contributed by atoms with Gasteiger partial charge in [0.2, 0.25) is 0 Å². The van der Waals surface area contributed by atoms with E-state index in [2.05, 4.69) is 5.32 Å². The van der Waals surface area contributed by atoms with E-state index in [1.165, 1.54) is 12.1 Å². The van der Waals surface area contributed by atoms with Gasteiger partial charge in [-0.1, -0.05) is 6.92 Å². The lowest BCUT2D eigenvalue weighted by atomic mass is 9.99. The molecule has 17 heavy (non-hydrogen) atoms. The largest absolute Gasteiger partial charge is 0.376 e. The first kappa shape index (κ1) is 12.5. The molecule has 1 aliphatic heterocycles. The summed E-state index contributed by atoms with van der Waals surface area (Å²) in [6.07, 6.45) is 1.94. The van der Waals surface area contributed by atoms with Crippen molar-refractivity contribution in [2.45, 2.75) is 31.9 Å². The zero-order valence-electron chi connectivity index (χ0n) is 9.88. The molecule has 0 aromatic heterocycles. The minimum absolute atomic E-state index is 0.0103. The standard InChI is InChI=1S/C13H17F2NO/c1-2-16-13(12-4-3-5-17-12)9-6-10(14)8-11(15)7-9/h6-8,12-13,16H,2-5H2,1H3. The molecule has 1 fully saturated rings. The first-order chi connectivity index (χ1) is 8.20. The van der Waals surface area contributed by atoms with Gasteiger partial charge in [0.1, 0.15) is 11.6 Å². The number of hydrogen-bond acceptors (Lipinski definition) is 2. The fourth-order valence-corrected chi connectivity index (χ4v) is 2.30. The van der Waals surface area contributed by atoms with Crippen LogP contribution in [-0.2, 0) is 4.74 Å². The van der Waals surface area contributed by atoms with Crippen LogP contribution in [-0.4, -0.2) is 19.3 Å². The Bertz CT molecular complexity index is 357. The summed E-state index contributed by atoms with van der Waals surface area (Å²) in [5.41, 5.74) is 0.622. The number of halogens is 2. The van der Waals surface area contributed by atoms with Crippen molar-refractivity contribution in [3.8, 4) is 0 Å². The van der Waals surface area contributed by atoms with Gasteiger partial charge in [0.05, 0.1) is 12.1 Å². The van der Waals surface area contributed by atoms with Crippen LogP contribution in [0.15, 0.2) is 18.2 Å². The Morgan fingerprint density at radius 2 is 2.06 bits per heavy atom. The summed E-state index contributed by atoms with van der Waals surface area (Å²) in [6.45, 7) is 3.44. The number of benzene rings is 1. The van der Waals surface area contributed by atoms with Crippen LogP contribution < -0.4 is 5.32 Å². The number of hydrogen-bond donors (Lipinski definition) is 1. The van der Waals surface area contributed by atoms with Gasteiger partial charge in [-0.05, 0) is 37.1 Å². The summed E-state index contributed by atoms with van der Waals surface area (Å²) in [6, 6.07) is 3.51. The van der Waals surface area contributed by atoms with Gasteiger partial charge in [-0.15, -0.1) is 0 Å². The number of rotatable bonds is 4. The maximum absolute atomic E-state index is 13.2. The lowest BCUT2D eigenvalue weighted by molar-refractivity contribution is 0.0786. The quantitative estimate of drug-likeness (QED) is 0.875. The van der Waals surface area contributed by atoms with Crippen LogP contribution in [0.1, 0.15) is 31.4 Å². The molecule has 0 spiro atoms. The van der Waals surface area contributed by atoms with Gasteiger partial charge < -0.3 is 10.1 Å². The maximum atomic E-state index is 13.2. The predicted molar refractivity (Wildman–Crippen MR) is 61.7 cm³/mol. The van der Waals surface area contributed by atoms with Gasteiger partial charge in [0.25, 0.3) is 0 Å². The Labute approximate surface area is 100.0 Å². The van der Waals surface area contributed by atoms with E-state index in [1.54, 1.807) is 0 Å².